The number of carbonyl (C=O) groups is 2. The van der Waals surface area contributed by atoms with Crippen LogP contribution in [0.2, 0.25) is 0 Å². The first kappa shape index (κ1) is 22.0. The van der Waals surface area contributed by atoms with Gasteiger partial charge >= 0.3 is 0 Å². The summed E-state index contributed by atoms with van der Waals surface area (Å²) >= 11 is 0. The van der Waals surface area contributed by atoms with Gasteiger partial charge in [-0.15, -0.1) is 0 Å². The van der Waals surface area contributed by atoms with Crippen molar-refractivity contribution in [1.82, 2.24) is 10.2 Å². The smallest absolute Gasteiger partial charge is 0.243 e. The van der Waals surface area contributed by atoms with Gasteiger partial charge in [-0.05, 0) is 49.4 Å². The molecule has 1 atom stereocenters. The van der Waals surface area contributed by atoms with Crippen molar-refractivity contribution in [2.24, 2.45) is 0 Å². The number of rotatable bonds is 8. The molecule has 0 aromatic heterocycles. The fourth-order valence-electron chi connectivity index (χ4n) is 4.06. The Morgan fingerprint density at radius 3 is 2.23 bits per heavy atom. The first-order chi connectivity index (χ1) is 14.5. The lowest BCUT2D eigenvalue weighted by Gasteiger charge is -2.31. The fraction of sp³-hybridized carbons (Fsp3) is 0.440. The van der Waals surface area contributed by atoms with Gasteiger partial charge in [0.05, 0.1) is 6.42 Å². The number of hydrogen-bond acceptors (Lipinski definition) is 2. The molecule has 3 rings (SSSR count). The van der Waals surface area contributed by atoms with Crippen LogP contribution in [0.25, 0.3) is 0 Å². The molecule has 5 heteroatoms. The molecule has 30 heavy (non-hydrogen) atoms. The second kappa shape index (κ2) is 10.4. The molecular weight excluding hydrogens is 379 g/mol. The molecule has 0 radical (unpaired) electrons. The maximum Gasteiger partial charge on any atom is 0.243 e. The summed E-state index contributed by atoms with van der Waals surface area (Å²) in [6.45, 7) is 4.21. The monoisotopic (exact) mass is 410 g/mol. The molecule has 0 aliphatic heterocycles. The second-order valence-corrected chi connectivity index (χ2v) is 8.22. The standard InChI is InChI=1S/C25H31FN2O2/c1-3-23(25(30)27-22-6-4-5-7-22)28(17-20-12-14-21(26)15-13-20)24(29)16-19-10-8-18(2)9-11-19/h8-15,22-23H,3-7,16-17H2,1-2H3,(H,27,30)/t23-/m0/s1. The third-order valence-electron chi connectivity index (χ3n) is 5.83. The van der Waals surface area contributed by atoms with Crippen molar-refractivity contribution in [3.8, 4) is 0 Å². The van der Waals surface area contributed by atoms with E-state index in [1.807, 2.05) is 38.1 Å². The van der Waals surface area contributed by atoms with Crippen molar-refractivity contribution >= 4 is 11.8 Å². The summed E-state index contributed by atoms with van der Waals surface area (Å²) in [6, 6.07) is 13.6. The molecule has 1 N–H and O–H groups in total. The Kier molecular flexibility index (Phi) is 7.61. The molecule has 160 valence electrons. The molecule has 2 amide bonds. The van der Waals surface area contributed by atoms with Crippen LogP contribution in [0.3, 0.4) is 0 Å². The minimum atomic E-state index is -0.548. The van der Waals surface area contributed by atoms with Crippen LogP contribution in [-0.4, -0.2) is 28.8 Å². The molecule has 2 aromatic rings. The molecule has 0 unspecified atom stereocenters. The van der Waals surface area contributed by atoms with E-state index in [1.54, 1.807) is 17.0 Å². The zero-order chi connectivity index (χ0) is 21.5. The third kappa shape index (κ3) is 5.91. The Balaban J connectivity index is 1.80. The van der Waals surface area contributed by atoms with Gasteiger partial charge in [0.15, 0.2) is 0 Å². The zero-order valence-electron chi connectivity index (χ0n) is 17.9. The van der Waals surface area contributed by atoms with Crippen LogP contribution in [0.15, 0.2) is 48.5 Å². The molecule has 2 aromatic carbocycles. The van der Waals surface area contributed by atoms with E-state index in [0.29, 0.717) is 6.42 Å². The lowest BCUT2D eigenvalue weighted by atomic mass is 10.1. The van der Waals surface area contributed by atoms with E-state index >= 15 is 0 Å². The van der Waals surface area contributed by atoms with Crippen molar-refractivity contribution in [1.29, 1.82) is 0 Å². The molecular formula is C25H31FN2O2. The summed E-state index contributed by atoms with van der Waals surface area (Å²) in [5.74, 6) is -0.511. The van der Waals surface area contributed by atoms with Crippen molar-refractivity contribution in [2.45, 2.75) is 71.0 Å². The van der Waals surface area contributed by atoms with E-state index < -0.39 is 6.04 Å². The number of hydrogen-bond donors (Lipinski definition) is 1. The highest BCUT2D eigenvalue weighted by atomic mass is 19.1. The Morgan fingerprint density at radius 1 is 1.03 bits per heavy atom. The second-order valence-electron chi connectivity index (χ2n) is 8.22. The molecule has 0 saturated heterocycles. The number of nitrogens with one attached hydrogen (secondary N) is 1. The molecule has 0 heterocycles. The predicted octanol–water partition coefficient (Wildman–Crippen LogP) is 4.54. The average molecular weight is 411 g/mol. The predicted molar refractivity (Wildman–Crippen MR) is 116 cm³/mol. The largest absolute Gasteiger partial charge is 0.352 e. The van der Waals surface area contributed by atoms with Gasteiger partial charge in [-0.25, -0.2) is 4.39 Å². The SMILES string of the molecule is CC[C@@H](C(=O)NC1CCCC1)N(Cc1ccc(F)cc1)C(=O)Cc1ccc(C)cc1. The van der Waals surface area contributed by atoms with E-state index in [4.69, 9.17) is 0 Å². The molecule has 0 bridgehead atoms. The maximum atomic E-state index is 13.3. The minimum absolute atomic E-state index is 0.0937. The Bertz CT molecular complexity index is 842. The van der Waals surface area contributed by atoms with Crippen LogP contribution in [-0.2, 0) is 22.6 Å². The van der Waals surface area contributed by atoms with E-state index in [9.17, 15) is 14.0 Å². The minimum Gasteiger partial charge on any atom is -0.352 e. The van der Waals surface area contributed by atoms with Gasteiger partial charge in [-0.3, -0.25) is 9.59 Å². The van der Waals surface area contributed by atoms with Crippen LogP contribution in [0.5, 0.6) is 0 Å². The van der Waals surface area contributed by atoms with Crippen LogP contribution in [0, 0.1) is 12.7 Å². The normalized spacial score (nSPS) is 15.0. The highest BCUT2D eigenvalue weighted by Crippen LogP contribution is 2.20. The van der Waals surface area contributed by atoms with Gasteiger partial charge in [-0.1, -0.05) is 61.7 Å². The molecule has 1 fully saturated rings. The summed E-state index contributed by atoms with van der Waals surface area (Å²) in [4.78, 5) is 28.0. The van der Waals surface area contributed by atoms with Gasteiger partial charge < -0.3 is 10.2 Å². The topological polar surface area (TPSA) is 49.4 Å². The van der Waals surface area contributed by atoms with Crippen LogP contribution in [0.4, 0.5) is 4.39 Å². The van der Waals surface area contributed by atoms with Gasteiger partial charge in [0, 0.05) is 12.6 Å². The summed E-state index contributed by atoms with van der Waals surface area (Å²) in [6.07, 6.45) is 5.02. The number of aryl methyl sites for hydroxylation is 1. The fourth-order valence-corrected chi connectivity index (χ4v) is 4.06. The third-order valence-corrected chi connectivity index (χ3v) is 5.83. The van der Waals surface area contributed by atoms with Gasteiger partial charge in [0.1, 0.15) is 11.9 Å². The van der Waals surface area contributed by atoms with Gasteiger partial charge in [-0.2, -0.15) is 0 Å². The van der Waals surface area contributed by atoms with Crippen LogP contribution < -0.4 is 5.32 Å². The summed E-state index contributed by atoms with van der Waals surface area (Å²) in [5.41, 5.74) is 2.86. The Morgan fingerprint density at radius 2 is 1.63 bits per heavy atom. The molecule has 0 spiro atoms. The highest BCUT2D eigenvalue weighted by Gasteiger charge is 2.30. The first-order valence-corrected chi connectivity index (χ1v) is 10.9. The van der Waals surface area contributed by atoms with Crippen LogP contribution >= 0.6 is 0 Å². The lowest BCUT2D eigenvalue weighted by Crippen LogP contribution is -2.51. The average Bonchev–Trinajstić information content (AvgIpc) is 3.24. The van der Waals surface area contributed by atoms with Gasteiger partial charge in [0.25, 0.3) is 0 Å². The number of nitrogens with zero attached hydrogens (tertiary/aromatic N) is 1. The number of amides is 2. The number of halogens is 1. The van der Waals surface area contributed by atoms with E-state index in [2.05, 4.69) is 5.32 Å². The van der Waals surface area contributed by atoms with Crippen molar-refractivity contribution in [3.63, 3.8) is 0 Å². The Labute approximate surface area is 178 Å². The van der Waals surface area contributed by atoms with E-state index in [1.165, 1.54) is 12.1 Å². The van der Waals surface area contributed by atoms with E-state index in [-0.39, 0.29) is 36.6 Å². The summed E-state index contributed by atoms with van der Waals surface area (Å²) < 4.78 is 13.3. The van der Waals surface area contributed by atoms with Crippen molar-refractivity contribution in [2.75, 3.05) is 0 Å². The number of carbonyl (C=O) groups excluding carboxylic acids is 2. The molecule has 1 saturated carbocycles. The van der Waals surface area contributed by atoms with Crippen molar-refractivity contribution in [3.05, 3.63) is 71.0 Å². The number of benzene rings is 2. The zero-order valence-corrected chi connectivity index (χ0v) is 17.9. The molecule has 4 nitrogen and oxygen atoms in total. The van der Waals surface area contributed by atoms with E-state index in [0.717, 1.165) is 42.4 Å². The summed E-state index contributed by atoms with van der Waals surface area (Å²) in [5, 5.41) is 3.14. The molecule has 1 aliphatic rings. The molecule has 1 aliphatic carbocycles. The lowest BCUT2D eigenvalue weighted by molar-refractivity contribution is -0.141. The quantitative estimate of drug-likeness (QED) is 0.694. The maximum absolute atomic E-state index is 13.3. The first-order valence-electron chi connectivity index (χ1n) is 10.9. The highest BCUT2D eigenvalue weighted by molar-refractivity contribution is 5.88. The Hall–Kier alpha value is -2.69. The summed E-state index contributed by atoms with van der Waals surface area (Å²) in [7, 11) is 0. The van der Waals surface area contributed by atoms with Gasteiger partial charge in [0.2, 0.25) is 11.8 Å². The van der Waals surface area contributed by atoms with Crippen molar-refractivity contribution < 1.29 is 14.0 Å². The van der Waals surface area contributed by atoms with Crippen LogP contribution in [0.1, 0.15) is 55.7 Å².